The lowest BCUT2D eigenvalue weighted by molar-refractivity contribution is 0.176. The Hall–Kier alpha value is -1.92. The van der Waals surface area contributed by atoms with Gasteiger partial charge < -0.3 is 10.2 Å². The van der Waals surface area contributed by atoms with Crippen LogP contribution in [0.15, 0.2) is 24.4 Å². The average molecular weight is 372 g/mol. The van der Waals surface area contributed by atoms with E-state index < -0.39 is 0 Å². The molecule has 140 valence electrons. The Morgan fingerprint density at radius 2 is 1.85 bits per heavy atom. The Balaban J connectivity index is 1.51. The van der Waals surface area contributed by atoms with Gasteiger partial charge in [0.15, 0.2) is 5.11 Å². The van der Waals surface area contributed by atoms with Gasteiger partial charge in [0.05, 0.1) is 6.20 Å². The number of aromatic nitrogens is 2. The van der Waals surface area contributed by atoms with Crippen molar-refractivity contribution >= 4 is 23.0 Å². The molecule has 0 bridgehead atoms. The highest BCUT2D eigenvalue weighted by Gasteiger charge is 2.20. The summed E-state index contributed by atoms with van der Waals surface area (Å²) in [6.45, 7) is 14.4. The number of anilines is 1. The van der Waals surface area contributed by atoms with Gasteiger partial charge in [0.1, 0.15) is 0 Å². The van der Waals surface area contributed by atoms with Crippen molar-refractivity contribution in [2.75, 3.05) is 31.5 Å². The summed E-state index contributed by atoms with van der Waals surface area (Å²) in [6, 6.07) is 6.39. The lowest BCUT2D eigenvalue weighted by atomic mass is 10.1. The minimum absolute atomic E-state index is 0.822. The van der Waals surface area contributed by atoms with E-state index in [9.17, 15) is 0 Å². The Morgan fingerprint density at radius 1 is 1.12 bits per heavy atom. The van der Waals surface area contributed by atoms with Crippen LogP contribution in [0, 0.1) is 20.8 Å². The second-order valence-electron chi connectivity index (χ2n) is 7.06. The van der Waals surface area contributed by atoms with E-state index in [0.717, 1.165) is 50.1 Å². The molecule has 1 aromatic carbocycles. The van der Waals surface area contributed by atoms with Crippen molar-refractivity contribution in [3.63, 3.8) is 0 Å². The average Bonchev–Trinajstić information content (AvgIpc) is 2.98. The van der Waals surface area contributed by atoms with Crippen LogP contribution in [0.5, 0.6) is 0 Å². The molecular formula is C20H29N5S. The zero-order valence-electron chi connectivity index (χ0n) is 16.2. The summed E-state index contributed by atoms with van der Waals surface area (Å²) in [4.78, 5) is 4.75. The number of piperazine rings is 1. The van der Waals surface area contributed by atoms with E-state index in [1.54, 1.807) is 0 Å². The number of nitrogens with one attached hydrogen (secondary N) is 1. The minimum atomic E-state index is 0.822. The summed E-state index contributed by atoms with van der Waals surface area (Å²) >= 11 is 5.62. The largest absolute Gasteiger partial charge is 0.346 e. The third kappa shape index (κ3) is 4.24. The predicted molar refractivity (Wildman–Crippen MR) is 112 cm³/mol. The molecule has 0 atom stereocenters. The van der Waals surface area contributed by atoms with Gasteiger partial charge in [-0.05, 0) is 63.2 Å². The van der Waals surface area contributed by atoms with Gasteiger partial charge in [-0.2, -0.15) is 5.10 Å². The predicted octanol–water partition coefficient (Wildman–Crippen LogP) is 3.34. The van der Waals surface area contributed by atoms with Gasteiger partial charge in [0.2, 0.25) is 0 Å². The van der Waals surface area contributed by atoms with Crippen molar-refractivity contribution in [2.24, 2.45) is 0 Å². The van der Waals surface area contributed by atoms with Crippen molar-refractivity contribution < 1.29 is 0 Å². The second-order valence-corrected chi connectivity index (χ2v) is 7.45. The first kappa shape index (κ1) is 18.9. The standard InChI is InChI=1S/C20H29N5S/c1-5-25-17(4)18(13-21-25)14-23-8-10-24(11-9-23)20(26)22-19-7-6-15(2)16(3)12-19/h6-7,12-13H,5,8-11,14H2,1-4H3,(H,22,26). The van der Waals surface area contributed by atoms with Gasteiger partial charge in [0.25, 0.3) is 0 Å². The number of hydrogen-bond donors (Lipinski definition) is 1. The molecule has 6 heteroatoms. The van der Waals surface area contributed by atoms with Gasteiger partial charge in [-0.3, -0.25) is 9.58 Å². The van der Waals surface area contributed by atoms with Crippen molar-refractivity contribution in [2.45, 2.75) is 40.8 Å². The Kier molecular flexibility index (Phi) is 5.94. The molecule has 0 radical (unpaired) electrons. The quantitative estimate of drug-likeness (QED) is 0.834. The molecule has 5 nitrogen and oxygen atoms in total. The van der Waals surface area contributed by atoms with E-state index in [1.807, 2.05) is 6.20 Å². The number of thiocarbonyl (C=S) groups is 1. The van der Waals surface area contributed by atoms with Crippen molar-refractivity contribution in [1.82, 2.24) is 19.6 Å². The highest BCUT2D eigenvalue weighted by molar-refractivity contribution is 7.80. The van der Waals surface area contributed by atoms with Crippen LogP contribution in [0.1, 0.15) is 29.3 Å². The zero-order valence-corrected chi connectivity index (χ0v) is 17.1. The molecule has 0 spiro atoms. The molecule has 1 saturated heterocycles. The van der Waals surface area contributed by atoms with Crippen molar-refractivity contribution in [3.05, 3.63) is 46.8 Å². The van der Waals surface area contributed by atoms with Crippen LogP contribution in [0.2, 0.25) is 0 Å². The summed E-state index contributed by atoms with van der Waals surface area (Å²) in [7, 11) is 0. The SMILES string of the molecule is CCn1ncc(CN2CCN(C(=S)Nc3ccc(C)c(C)c3)CC2)c1C. The van der Waals surface area contributed by atoms with Crippen molar-refractivity contribution in [1.29, 1.82) is 0 Å². The number of nitrogens with zero attached hydrogens (tertiary/aromatic N) is 4. The molecule has 1 aliphatic rings. The smallest absolute Gasteiger partial charge is 0.173 e. The number of aryl methyl sites for hydroxylation is 3. The van der Waals surface area contributed by atoms with Crippen LogP contribution < -0.4 is 5.32 Å². The summed E-state index contributed by atoms with van der Waals surface area (Å²) in [5.41, 5.74) is 6.27. The van der Waals surface area contributed by atoms with Crippen LogP contribution in [0.25, 0.3) is 0 Å². The lowest BCUT2D eigenvalue weighted by Gasteiger charge is -2.36. The fraction of sp³-hybridized carbons (Fsp3) is 0.500. The third-order valence-electron chi connectivity index (χ3n) is 5.32. The molecule has 2 heterocycles. The molecule has 1 fully saturated rings. The monoisotopic (exact) mass is 371 g/mol. The van der Waals surface area contributed by atoms with Crippen LogP contribution in [-0.2, 0) is 13.1 Å². The summed E-state index contributed by atoms with van der Waals surface area (Å²) in [5.74, 6) is 0. The van der Waals surface area contributed by atoms with Crippen LogP contribution >= 0.6 is 12.2 Å². The molecule has 3 rings (SSSR count). The first-order chi connectivity index (χ1) is 12.5. The maximum Gasteiger partial charge on any atom is 0.173 e. The topological polar surface area (TPSA) is 36.3 Å². The third-order valence-corrected chi connectivity index (χ3v) is 5.68. The summed E-state index contributed by atoms with van der Waals surface area (Å²) < 4.78 is 2.06. The molecule has 1 N–H and O–H groups in total. The normalized spacial score (nSPS) is 15.3. The molecule has 0 unspecified atom stereocenters. The molecular weight excluding hydrogens is 342 g/mol. The van der Waals surface area contributed by atoms with Crippen LogP contribution in [0.3, 0.4) is 0 Å². The Bertz CT molecular complexity index is 775. The molecule has 0 saturated carbocycles. The number of benzene rings is 1. The second kappa shape index (κ2) is 8.18. The van der Waals surface area contributed by atoms with E-state index in [2.05, 4.69) is 70.8 Å². The minimum Gasteiger partial charge on any atom is -0.346 e. The van der Waals surface area contributed by atoms with Gasteiger partial charge in [-0.15, -0.1) is 0 Å². The zero-order chi connectivity index (χ0) is 18.7. The Morgan fingerprint density at radius 3 is 2.46 bits per heavy atom. The summed E-state index contributed by atoms with van der Waals surface area (Å²) in [5, 5.41) is 8.66. The highest BCUT2D eigenvalue weighted by atomic mass is 32.1. The van der Waals surface area contributed by atoms with E-state index in [0.29, 0.717) is 0 Å². The molecule has 0 amide bonds. The number of rotatable bonds is 4. The van der Waals surface area contributed by atoms with Gasteiger partial charge in [0, 0.05) is 56.2 Å². The van der Waals surface area contributed by atoms with E-state index in [-0.39, 0.29) is 0 Å². The van der Waals surface area contributed by atoms with Gasteiger partial charge >= 0.3 is 0 Å². The first-order valence-corrected chi connectivity index (χ1v) is 9.75. The lowest BCUT2D eigenvalue weighted by Crippen LogP contribution is -2.49. The fourth-order valence-corrected chi connectivity index (χ4v) is 3.63. The van der Waals surface area contributed by atoms with Gasteiger partial charge in [-0.25, -0.2) is 0 Å². The fourth-order valence-electron chi connectivity index (χ4n) is 3.33. The van der Waals surface area contributed by atoms with Crippen molar-refractivity contribution in [3.8, 4) is 0 Å². The maximum atomic E-state index is 5.62. The van der Waals surface area contributed by atoms with Crippen LogP contribution in [0.4, 0.5) is 5.69 Å². The number of hydrogen-bond acceptors (Lipinski definition) is 3. The highest BCUT2D eigenvalue weighted by Crippen LogP contribution is 2.16. The molecule has 1 aliphatic heterocycles. The molecule has 2 aromatic rings. The maximum absolute atomic E-state index is 5.62. The first-order valence-electron chi connectivity index (χ1n) is 9.34. The van der Waals surface area contributed by atoms with Crippen LogP contribution in [-0.4, -0.2) is 50.9 Å². The summed E-state index contributed by atoms with van der Waals surface area (Å²) in [6.07, 6.45) is 2.01. The Labute approximate surface area is 162 Å². The van der Waals surface area contributed by atoms with Gasteiger partial charge in [-0.1, -0.05) is 6.07 Å². The molecule has 26 heavy (non-hydrogen) atoms. The van der Waals surface area contributed by atoms with E-state index >= 15 is 0 Å². The molecule has 1 aromatic heterocycles. The molecule has 0 aliphatic carbocycles. The van der Waals surface area contributed by atoms with E-state index in [4.69, 9.17) is 12.2 Å². The van der Waals surface area contributed by atoms with E-state index in [1.165, 1.54) is 22.4 Å².